The first-order valence-corrected chi connectivity index (χ1v) is 9.89. The SMILES string of the molecule is Cc1ccc(S(=O)(=O)N(Cc2ccc(C#N)cc2)Cc2ccccn2)cc1. The van der Waals surface area contributed by atoms with E-state index in [2.05, 4.69) is 11.1 Å². The summed E-state index contributed by atoms with van der Waals surface area (Å²) in [6.07, 6.45) is 1.65. The summed E-state index contributed by atoms with van der Waals surface area (Å²) >= 11 is 0. The quantitative estimate of drug-likeness (QED) is 0.657. The largest absolute Gasteiger partial charge is 0.260 e. The molecule has 3 aromatic rings. The van der Waals surface area contributed by atoms with Gasteiger partial charge >= 0.3 is 0 Å². The van der Waals surface area contributed by atoms with Crippen molar-refractivity contribution in [2.45, 2.75) is 24.9 Å². The van der Waals surface area contributed by atoms with Crippen molar-refractivity contribution in [3.8, 4) is 6.07 Å². The minimum atomic E-state index is -3.70. The van der Waals surface area contributed by atoms with Gasteiger partial charge in [-0.05, 0) is 48.9 Å². The molecule has 0 aliphatic carbocycles. The molecule has 0 atom stereocenters. The zero-order valence-corrected chi connectivity index (χ0v) is 15.7. The van der Waals surface area contributed by atoms with Crippen LogP contribution in [0.5, 0.6) is 0 Å². The van der Waals surface area contributed by atoms with Crippen LogP contribution in [0.2, 0.25) is 0 Å². The molecule has 5 nitrogen and oxygen atoms in total. The Labute approximate surface area is 159 Å². The van der Waals surface area contributed by atoms with E-state index in [0.29, 0.717) is 11.3 Å². The van der Waals surface area contributed by atoms with Gasteiger partial charge in [0.15, 0.2) is 0 Å². The highest BCUT2D eigenvalue weighted by Crippen LogP contribution is 2.21. The molecule has 0 aliphatic rings. The normalized spacial score (nSPS) is 11.3. The average Bonchev–Trinajstić information content (AvgIpc) is 2.69. The first-order valence-electron chi connectivity index (χ1n) is 8.45. The van der Waals surface area contributed by atoms with Crippen LogP contribution in [0.3, 0.4) is 0 Å². The minimum absolute atomic E-state index is 0.164. The van der Waals surface area contributed by atoms with Crippen LogP contribution in [0, 0.1) is 18.3 Å². The third-order valence-corrected chi connectivity index (χ3v) is 5.97. The highest BCUT2D eigenvalue weighted by molar-refractivity contribution is 7.89. The van der Waals surface area contributed by atoms with E-state index < -0.39 is 10.0 Å². The number of aromatic nitrogens is 1. The Bertz CT molecular complexity index is 1040. The molecule has 0 fully saturated rings. The standard InChI is InChI=1S/C21H19N3O2S/c1-17-5-11-21(12-6-17)27(25,26)24(16-20-4-2-3-13-23-20)15-19-9-7-18(14-22)8-10-19/h2-13H,15-16H2,1H3. The lowest BCUT2D eigenvalue weighted by atomic mass is 10.1. The van der Waals surface area contributed by atoms with E-state index >= 15 is 0 Å². The predicted octanol–water partition coefficient (Wildman–Crippen LogP) is 3.65. The molecule has 1 heterocycles. The first-order chi connectivity index (χ1) is 13.0. The van der Waals surface area contributed by atoms with Gasteiger partial charge in [-0.2, -0.15) is 9.57 Å². The smallest absolute Gasteiger partial charge is 0.243 e. The van der Waals surface area contributed by atoms with Crippen molar-refractivity contribution in [3.05, 3.63) is 95.3 Å². The van der Waals surface area contributed by atoms with Crippen LogP contribution in [0.1, 0.15) is 22.4 Å². The van der Waals surface area contributed by atoms with Gasteiger partial charge in [-0.15, -0.1) is 0 Å². The zero-order chi connectivity index (χ0) is 19.3. The number of benzene rings is 2. The molecule has 27 heavy (non-hydrogen) atoms. The van der Waals surface area contributed by atoms with Crippen molar-refractivity contribution in [2.24, 2.45) is 0 Å². The highest BCUT2D eigenvalue weighted by Gasteiger charge is 2.25. The summed E-state index contributed by atoms with van der Waals surface area (Å²) in [5.41, 5.74) is 3.01. The van der Waals surface area contributed by atoms with Crippen LogP contribution in [0.25, 0.3) is 0 Å². The van der Waals surface area contributed by atoms with E-state index in [1.165, 1.54) is 4.31 Å². The van der Waals surface area contributed by atoms with Crippen molar-refractivity contribution in [1.82, 2.24) is 9.29 Å². The third kappa shape index (κ3) is 4.59. The van der Waals surface area contributed by atoms with Crippen molar-refractivity contribution in [2.75, 3.05) is 0 Å². The molecule has 6 heteroatoms. The second-order valence-corrected chi connectivity index (χ2v) is 8.15. The molecule has 0 bridgehead atoms. The number of rotatable bonds is 6. The Morgan fingerprint density at radius 3 is 2.26 bits per heavy atom. The second kappa shape index (κ2) is 8.12. The van der Waals surface area contributed by atoms with Crippen LogP contribution in [0.15, 0.2) is 77.8 Å². The molecule has 0 aliphatic heterocycles. The molecule has 0 N–H and O–H groups in total. The first kappa shape index (κ1) is 18.8. The van der Waals surface area contributed by atoms with E-state index in [-0.39, 0.29) is 18.0 Å². The summed E-state index contributed by atoms with van der Waals surface area (Å²) in [6, 6.07) is 21.2. The van der Waals surface area contributed by atoms with Gasteiger partial charge in [0, 0.05) is 12.7 Å². The van der Waals surface area contributed by atoms with Crippen LogP contribution in [-0.4, -0.2) is 17.7 Å². The van der Waals surface area contributed by atoms with Gasteiger partial charge in [0.05, 0.1) is 28.8 Å². The summed E-state index contributed by atoms with van der Waals surface area (Å²) in [4.78, 5) is 4.51. The van der Waals surface area contributed by atoms with Crippen LogP contribution < -0.4 is 0 Å². The molecule has 0 saturated carbocycles. The molecule has 1 aromatic heterocycles. The van der Waals surface area contributed by atoms with Gasteiger partial charge in [-0.3, -0.25) is 4.98 Å². The number of nitrogens with zero attached hydrogens (tertiary/aromatic N) is 3. The number of hydrogen-bond acceptors (Lipinski definition) is 4. The Hall–Kier alpha value is -3.01. The maximum Gasteiger partial charge on any atom is 0.243 e. The molecule has 2 aromatic carbocycles. The molecule has 0 radical (unpaired) electrons. The Balaban J connectivity index is 1.95. The molecular weight excluding hydrogens is 358 g/mol. The van der Waals surface area contributed by atoms with E-state index in [1.54, 1.807) is 66.9 Å². The van der Waals surface area contributed by atoms with Gasteiger partial charge in [-0.1, -0.05) is 35.9 Å². The summed E-state index contributed by atoms with van der Waals surface area (Å²) in [5, 5.41) is 8.94. The van der Waals surface area contributed by atoms with Crippen LogP contribution >= 0.6 is 0 Å². The van der Waals surface area contributed by atoms with Crippen LogP contribution in [0.4, 0.5) is 0 Å². The van der Waals surface area contributed by atoms with Crippen molar-refractivity contribution < 1.29 is 8.42 Å². The topological polar surface area (TPSA) is 74.1 Å². The van der Waals surface area contributed by atoms with E-state index in [1.807, 2.05) is 13.0 Å². The zero-order valence-electron chi connectivity index (χ0n) is 14.9. The van der Waals surface area contributed by atoms with Gasteiger partial charge in [0.25, 0.3) is 0 Å². The predicted molar refractivity (Wildman–Crippen MR) is 103 cm³/mol. The lowest BCUT2D eigenvalue weighted by Crippen LogP contribution is -2.30. The van der Waals surface area contributed by atoms with Gasteiger partial charge in [0.1, 0.15) is 0 Å². The second-order valence-electron chi connectivity index (χ2n) is 6.22. The summed E-state index contributed by atoms with van der Waals surface area (Å²) < 4.78 is 27.8. The number of pyridine rings is 1. The highest BCUT2D eigenvalue weighted by atomic mass is 32.2. The maximum atomic E-state index is 13.2. The van der Waals surface area contributed by atoms with Gasteiger partial charge < -0.3 is 0 Å². The van der Waals surface area contributed by atoms with Gasteiger partial charge in [0.2, 0.25) is 10.0 Å². The fourth-order valence-electron chi connectivity index (χ4n) is 2.65. The third-order valence-electron chi connectivity index (χ3n) is 4.17. The summed E-state index contributed by atoms with van der Waals surface area (Å²) in [5.74, 6) is 0. The Morgan fingerprint density at radius 1 is 0.963 bits per heavy atom. The minimum Gasteiger partial charge on any atom is -0.260 e. The number of sulfonamides is 1. The molecule has 3 rings (SSSR count). The average molecular weight is 377 g/mol. The number of aryl methyl sites for hydroxylation is 1. The monoisotopic (exact) mass is 377 g/mol. The van der Waals surface area contributed by atoms with Crippen molar-refractivity contribution >= 4 is 10.0 Å². The maximum absolute atomic E-state index is 13.2. The van der Waals surface area contributed by atoms with Crippen molar-refractivity contribution in [3.63, 3.8) is 0 Å². The van der Waals surface area contributed by atoms with Gasteiger partial charge in [-0.25, -0.2) is 8.42 Å². The van der Waals surface area contributed by atoms with Crippen LogP contribution in [-0.2, 0) is 23.1 Å². The molecular formula is C21H19N3O2S. The molecule has 0 amide bonds. The number of nitriles is 1. The fraction of sp³-hybridized carbons (Fsp3) is 0.143. The Kier molecular flexibility index (Phi) is 5.65. The lowest BCUT2D eigenvalue weighted by molar-refractivity contribution is 0.397. The summed E-state index contributed by atoms with van der Waals surface area (Å²) in [6.45, 7) is 2.27. The van der Waals surface area contributed by atoms with E-state index in [4.69, 9.17) is 5.26 Å². The molecule has 0 saturated heterocycles. The van der Waals surface area contributed by atoms with E-state index in [9.17, 15) is 8.42 Å². The summed E-state index contributed by atoms with van der Waals surface area (Å²) in [7, 11) is -3.70. The van der Waals surface area contributed by atoms with Crippen molar-refractivity contribution in [1.29, 1.82) is 5.26 Å². The fourth-order valence-corrected chi connectivity index (χ4v) is 4.05. The number of hydrogen-bond donors (Lipinski definition) is 0. The molecule has 0 unspecified atom stereocenters. The Morgan fingerprint density at radius 2 is 1.67 bits per heavy atom. The van der Waals surface area contributed by atoms with E-state index in [0.717, 1.165) is 11.1 Å². The molecule has 136 valence electrons. The lowest BCUT2D eigenvalue weighted by Gasteiger charge is -2.22. The molecule has 0 spiro atoms.